The summed E-state index contributed by atoms with van der Waals surface area (Å²) in [6, 6.07) is 0. The third kappa shape index (κ3) is 1.10. The number of aromatic nitrogens is 2. The number of anilines is 1. The van der Waals surface area contributed by atoms with E-state index < -0.39 is 0 Å². The molecule has 3 nitrogen and oxygen atoms in total. The van der Waals surface area contributed by atoms with Crippen molar-refractivity contribution < 1.29 is 0 Å². The number of hydrogen-bond acceptors (Lipinski definition) is 3. The van der Waals surface area contributed by atoms with Crippen LogP contribution in [-0.4, -0.2) is 9.97 Å². The second kappa shape index (κ2) is 2.35. The molecule has 0 aliphatic heterocycles. The first-order chi connectivity index (χ1) is 4.34. The van der Waals surface area contributed by atoms with E-state index in [-0.39, 0.29) is 0 Å². The number of nitrogens with two attached hydrogens (primary N) is 1. The zero-order valence-electron chi connectivity index (χ0n) is 5.04. The summed E-state index contributed by atoms with van der Waals surface area (Å²) in [5, 5.41) is 0. The molecule has 0 radical (unpaired) electrons. The molecule has 0 saturated heterocycles. The van der Waals surface area contributed by atoms with Crippen LogP contribution in [0.15, 0.2) is 12.5 Å². The molecule has 0 saturated carbocycles. The highest BCUT2D eigenvalue weighted by molar-refractivity contribution is 5.36. The fraction of sp³-hybridized carbons (Fsp3) is 0.167. The lowest BCUT2D eigenvalue weighted by atomic mass is 10.2. The summed E-state index contributed by atoms with van der Waals surface area (Å²) in [4.78, 5) is 7.56. The number of rotatable bonds is 1. The van der Waals surface area contributed by atoms with Crippen molar-refractivity contribution >= 4 is 5.82 Å². The van der Waals surface area contributed by atoms with Gasteiger partial charge in [0.15, 0.2) is 0 Å². The van der Waals surface area contributed by atoms with Crippen LogP contribution in [-0.2, 0) is 6.42 Å². The van der Waals surface area contributed by atoms with Gasteiger partial charge < -0.3 is 5.73 Å². The average Bonchev–Trinajstić information content (AvgIpc) is 1.89. The standard InChI is InChI=1S/C6H8N3/c1-2-5-3-8-4-9-6(5)7/h3-4H,1-2H2,(H2,7,8,9)/q+1. The summed E-state index contributed by atoms with van der Waals surface area (Å²) in [5.41, 5.74) is 6.34. The van der Waals surface area contributed by atoms with Gasteiger partial charge in [-0.1, -0.05) is 0 Å². The molecule has 0 amide bonds. The Kier molecular flexibility index (Phi) is 1.53. The Labute approximate surface area is 53.9 Å². The Morgan fingerprint density at radius 1 is 1.67 bits per heavy atom. The zero-order valence-corrected chi connectivity index (χ0v) is 5.04. The van der Waals surface area contributed by atoms with E-state index in [0.29, 0.717) is 12.2 Å². The minimum Gasteiger partial charge on any atom is -0.383 e. The maximum absolute atomic E-state index is 5.44. The lowest BCUT2D eigenvalue weighted by Crippen LogP contribution is -1.96. The summed E-state index contributed by atoms with van der Waals surface area (Å²) in [7, 11) is 0. The van der Waals surface area contributed by atoms with Gasteiger partial charge in [0.1, 0.15) is 18.6 Å². The van der Waals surface area contributed by atoms with Crippen molar-refractivity contribution in [3.8, 4) is 0 Å². The number of hydrogen-bond donors (Lipinski definition) is 1. The van der Waals surface area contributed by atoms with E-state index in [9.17, 15) is 0 Å². The molecule has 0 unspecified atom stereocenters. The van der Waals surface area contributed by atoms with Gasteiger partial charge in [-0.3, -0.25) is 0 Å². The molecular formula is C6H8N3+. The van der Waals surface area contributed by atoms with Crippen molar-refractivity contribution in [3.05, 3.63) is 25.0 Å². The molecule has 1 heterocycles. The second-order valence-corrected chi connectivity index (χ2v) is 1.68. The fourth-order valence-electron chi connectivity index (χ4n) is 0.561. The Hall–Kier alpha value is -1.25. The molecule has 1 aromatic heterocycles. The van der Waals surface area contributed by atoms with E-state index in [0.717, 1.165) is 5.56 Å². The van der Waals surface area contributed by atoms with Crippen LogP contribution in [0, 0.1) is 6.92 Å². The summed E-state index contributed by atoms with van der Waals surface area (Å²) < 4.78 is 0. The molecule has 1 rings (SSSR count). The molecule has 9 heavy (non-hydrogen) atoms. The minimum absolute atomic E-state index is 0.528. The van der Waals surface area contributed by atoms with Crippen LogP contribution in [0.2, 0.25) is 0 Å². The van der Waals surface area contributed by atoms with Crippen LogP contribution < -0.4 is 5.73 Å². The third-order valence-electron chi connectivity index (χ3n) is 1.09. The van der Waals surface area contributed by atoms with Crippen molar-refractivity contribution in [1.82, 2.24) is 9.97 Å². The van der Waals surface area contributed by atoms with Gasteiger partial charge in [-0.2, -0.15) is 0 Å². The molecule has 1 aromatic rings. The first-order valence-corrected chi connectivity index (χ1v) is 2.68. The van der Waals surface area contributed by atoms with Crippen LogP contribution in [0.3, 0.4) is 0 Å². The first-order valence-electron chi connectivity index (χ1n) is 2.68. The molecule has 2 N–H and O–H groups in total. The Bertz CT molecular complexity index is 197. The molecule has 0 aliphatic rings. The SMILES string of the molecule is [CH2+]Cc1cncnc1N. The molecule has 0 aliphatic carbocycles. The molecule has 0 fully saturated rings. The number of nitrogens with zero attached hydrogens (tertiary/aromatic N) is 2. The maximum atomic E-state index is 5.44. The van der Waals surface area contributed by atoms with Gasteiger partial charge in [0, 0.05) is 6.20 Å². The highest BCUT2D eigenvalue weighted by Gasteiger charge is 1.97. The molecule has 46 valence electrons. The summed E-state index contributed by atoms with van der Waals surface area (Å²) >= 11 is 0. The topological polar surface area (TPSA) is 51.8 Å². The quantitative estimate of drug-likeness (QED) is 0.550. The highest BCUT2D eigenvalue weighted by atomic mass is 14.9. The molecule has 0 bridgehead atoms. The van der Waals surface area contributed by atoms with Gasteiger partial charge in [-0.05, 0) is 0 Å². The van der Waals surface area contributed by atoms with Crippen molar-refractivity contribution in [3.63, 3.8) is 0 Å². The number of nitrogen functional groups attached to an aromatic ring is 1. The van der Waals surface area contributed by atoms with E-state index in [1.54, 1.807) is 6.20 Å². The van der Waals surface area contributed by atoms with E-state index in [4.69, 9.17) is 5.73 Å². The smallest absolute Gasteiger partial charge is 0.134 e. The van der Waals surface area contributed by atoms with Gasteiger partial charge in [0.2, 0.25) is 0 Å². The van der Waals surface area contributed by atoms with E-state index in [1.165, 1.54) is 6.33 Å². The van der Waals surface area contributed by atoms with Crippen molar-refractivity contribution in [2.45, 2.75) is 6.42 Å². The largest absolute Gasteiger partial charge is 0.383 e. The minimum atomic E-state index is 0.528. The molecule has 0 atom stereocenters. The van der Waals surface area contributed by atoms with Gasteiger partial charge in [-0.25, -0.2) is 9.97 Å². The fourth-order valence-corrected chi connectivity index (χ4v) is 0.561. The van der Waals surface area contributed by atoms with Crippen LogP contribution in [0.25, 0.3) is 0 Å². The predicted octanol–water partition coefficient (Wildman–Crippen LogP) is 0.435. The van der Waals surface area contributed by atoms with Gasteiger partial charge >= 0.3 is 0 Å². The Morgan fingerprint density at radius 3 is 2.89 bits per heavy atom. The molecule has 0 spiro atoms. The molecular weight excluding hydrogens is 114 g/mol. The van der Waals surface area contributed by atoms with Crippen molar-refractivity contribution in [2.75, 3.05) is 5.73 Å². The summed E-state index contributed by atoms with van der Waals surface area (Å²) in [6.45, 7) is 3.66. The van der Waals surface area contributed by atoms with Crippen LogP contribution in [0.4, 0.5) is 5.82 Å². The van der Waals surface area contributed by atoms with Crippen LogP contribution in [0.5, 0.6) is 0 Å². The lowest BCUT2D eigenvalue weighted by molar-refractivity contribution is 1.10. The van der Waals surface area contributed by atoms with Gasteiger partial charge in [0.05, 0.1) is 12.5 Å². The lowest BCUT2D eigenvalue weighted by Gasteiger charge is -1.93. The van der Waals surface area contributed by atoms with Gasteiger partial charge in [-0.15, -0.1) is 0 Å². The second-order valence-electron chi connectivity index (χ2n) is 1.68. The first kappa shape index (κ1) is 5.88. The van der Waals surface area contributed by atoms with E-state index in [2.05, 4.69) is 16.9 Å². The zero-order chi connectivity index (χ0) is 6.69. The monoisotopic (exact) mass is 122 g/mol. The molecule has 3 heteroatoms. The third-order valence-corrected chi connectivity index (χ3v) is 1.09. The van der Waals surface area contributed by atoms with Gasteiger partial charge in [0.25, 0.3) is 0 Å². The summed E-state index contributed by atoms with van der Waals surface area (Å²) in [5.74, 6) is 0.528. The normalized spacial score (nSPS) is 9.33. The van der Waals surface area contributed by atoms with E-state index in [1.807, 2.05) is 0 Å². The molecule has 0 aromatic carbocycles. The maximum Gasteiger partial charge on any atom is 0.134 e. The highest BCUT2D eigenvalue weighted by Crippen LogP contribution is 2.03. The van der Waals surface area contributed by atoms with Crippen molar-refractivity contribution in [2.24, 2.45) is 0 Å². The van der Waals surface area contributed by atoms with Crippen molar-refractivity contribution in [1.29, 1.82) is 0 Å². The Morgan fingerprint density at radius 2 is 2.44 bits per heavy atom. The average molecular weight is 122 g/mol. The van der Waals surface area contributed by atoms with Crippen LogP contribution in [0.1, 0.15) is 5.56 Å². The predicted molar refractivity (Wildman–Crippen MR) is 35.5 cm³/mol. The Balaban J connectivity index is 3.01. The summed E-state index contributed by atoms with van der Waals surface area (Å²) in [6.07, 6.45) is 3.75. The van der Waals surface area contributed by atoms with Crippen LogP contribution >= 0.6 is 0 Å². The van der Waals surface area contributed by atoms with E-state index >= 15 is 0 Å².